The number of pyridine rings is 1. The number of benzene rings is 1. The molecule has 1 amide bonds. The van der Waals surface area contributed by atoms with E-state index in [1.165, 1.54) is 11.8 Å². The number of carbonyl (C=O) groups is 2. The summed E-state index contributed by atoms with van der Waals surface area (Å²) in [5.41, 5.74) is 0.434. The molecular weight excluding hydrogens is 349 g/mol. The number of hydrogen-bond donors (Lipinski definition) is 1. The molecule has 5 nitrogen and oxygen atoms in total. The van der Waals surface area contributed by atoms with Crippen LogP contribution >= 0.6 is 0 Å². The summed E-state index contributed by atoms with van der Waals surface area (Å²) in [5, 5.41) is 9.49. The summed E-state index contributed by atoms with van der Waals surface area (Å²) in [6.45, 7) is 1.38. The summed E-state index contributed by atoms with van der Waals surface area (Å²) in [7, 11) is 0. The van der Waals surface area contributed by atoms with E-state index >= 15 is 0 Å². The van der Waals surface area contributed by atoms with Gasteiger partial charge in [0.15, 0.2) is 0 Å². The molecule has 0 aliphatic carbocycles. The molecule has 1 aromatic heterocycles. The Morgan fingerprint density at radius 2 is 1.81 bits per heavy atom. The van der Waals surface area contributed by atoms with E-state index in [4.69, 9.17) is 0 Å². The van der Waals surface area contributed by atoms with Crippen LogP contribution in [0.5, 0.6) is 0 Å². The maximum atomic E-state index is 12.8. The number of amides is 1. The summed E-state index contributed by atoms with van der Waals surface area (Å²) in [6.07, 6.45) is -4.47. The van der Waals surface area contributed by atoms with Crippen molar-refractivity contribution in [3.63, 3.8) is 0 Å². The van der Waals surface area contributed by atoms with Gasteiger partial charge in [0.2, 0.25) is 0 Å². The molecule has 0 saturated carbocycles. The fourth-order valence-corrected chi connectivity index (χ4v) is 3.06. The van der Waals surface area contributed by atoms with Crippen LogP contribution < -0.4 is 0 Å². The summed E-state index contributed by atoms with van der Waals surface area (Å²) in [4.78, 5) is 29.1. The molecule has 0 saturated heterocycles. The largest absolute Gasteiger partial charge is 0.480 e. The Morgan fingerprint density at radius 1 is 1.15 bits per heavy atom. The highest BCUT2D eigenvalue weighted by atomic mass is 19.4. The molecule has 1 aliphatic rings. The Labute approximate surface area is 147 Å². The minimum atomic E-state index is -4.61. The number of rotatable bonds is 2. The minimum absolute atomic E-state index is 0.0383. The highest BCUT2D eigenvalue weighted by molar-refractivity contribution is 5.97. The molecule has 0 radical (unpaired) electrons. The van der Waals surface area contributed by atoms with Crippen molar-refractivity contribution in [2.75, 3.05) is 0 Å². The van der Waals surface area contributed by atoms with Crippen molar-refractivity contribution in [1.82, 2.24) is 9.88 Å². The lowest BCUT2D eigenvalue weighted by atomic mass is 9.93. The molecule has 1 N–H and O–H groups in total. The number of carboxylic acids is 1. The van der Waals surface area contributed by atoms with Gasteiger partial charge < -0.3 is 10.0 Å². The Morgan fingerprint density at radius 3 is 2.38 bits per heavy atom. The molecule has 0 fully saturated rings. The van der Waals surface area contributed by atoms with Gasteiger partial charge in [-0.3, -0.25) is 4.79 Å². The predicted octanol–water partition coefficient (Wildman–Crippen LogP) is 3.06. The van der Waals surface area contributed by atoms with Crippen LogP contribution in [0.15, 0.2) is 36.4 Å². The third-order valence-electron chi connectivity index (χ3n) is 4.40. The van der Waals surface area contributed by atoms with Gasteiger partial charge in [0, 0.05) is 13.0 Å². The first-order chi connectivity index (χ1) is 12.2. The highest BCUT2D eigenvalue weighted by Crippen LogP contribution is 2.30. The second kappa shape index (κ2) is 6.44. The number of alkyl halides is 3. The van der Waals surface area contributed by atoms with Crippen molar-refractivity contribution >= 4 is 11.9 Å². The number of carbonyl (C=O) groups excluding carboxylic acids is 1. The number of carboxylic acid groups (broad SMARTS) is 1. The Balaban J connectivity index is 1.97. The SMILES string of the molecule is Cc1nc(C(F)(F)F)ccc1C(=O)N1Cc2ccccc2C[C@H]1C(=O)O. The second-order valence-corrected chi connectivity index (χ2v) is 6.09. The van der Waals surface area contributed by atoms with Gasteiger partial charge in [-0.15, -0.1) is 0 Å². The quantitative estimate of drug-likeness (QED) is 0.889. The topological polar surface area (TPSA) is 70.5 Å². The van der Waals surface area contributed by atoms with Gasteiger partial charge in [0.1, 0.15) is 11.7 Å². The maximum Gasteiger partial charge on any atom is 0.433 e. The monoisotopic (exact) mass is 364 g/mol. The molecule has 1 aliphatic heterocycles. The maximum absolute atomic E-state index is 12.8. The lowest BCUT2D eigenvalue weighted by molar-refractivity contribution is -0.143. The number of aliphatic carboxylic acids is 1. The molecule has 0 unspecified atom stereocenters. The van der Waals surface area contributed by atoms with Crippen LogP contribution in [0.1, 0.15) is 32.9 Å². The summed E-state index contributed by atoms with van der Waals surface area (Å²) < 4.78 is 38.3. The standard InChI is InChI=1S/C18H15F3N2O3/c1-10-13(6-7-15(22-10)18(19,20)21)16(24)23-9-12-5-3-2-4-11(12)8-14(23)17(25)26/h2-7,14H,8-9H2,1H3,(H,25,26)/t14-/m0/s1. The molecule has 1 aromatic carbocycles. The van der Waals surface area contributed by atoms with Gasteiger partial charge in [-0.25, -0.2) is 9.78 Å². The van der Waals surface area contributed by atoms with E-state index in [-0.39, 0.29) is 24.2 Å². The zero-order valence-corrected chi connectivity index (χ0v) is 13.7. The van der Waals surface area contributed by atoms with Gasteiger partial charge in [-0.2, -0.15) is 13.2 Å². The summed E-state index contributed by atoms with van der Waals surface area (Å²) >= 11 is 0. The fourth-order valence-electron chi connectivity index (χ4n) is 3.06. The van der Waals surface area contributed by atoms with Gasteiger partial charge >= 0.3 is 12.1 Å². The van der Waals surface area contributed by atoms with Crippen LogP contribution in [-0.2, 0) is 23.9 Å². The average molecular weight is 364 g/mol. The zero-order valence-electron chi connectivity index (χ0n) is 13.7. The number of halogens is 3. The summed E-state index contributed by atoms with van der Waals surface area (Å²) in [5.74, 6) is -1.81. The number of hydrogen-bond acceptors (Lipinski definition) is 3. The van der Waals surface area contributed by atoms with E-state index in [0.717, 1.165) is 23.3 Å². The van der Waals surface area contributed by atoms with E-state index in [0.29, 0.717) is 0 Å². The molecule has 136 valence electrons. The van der Waals surface area contributed by atoms with Crippen molar-refractivity contribution in [2.45, 2.75) is 32.1 Å². The second-order valence-electron chi connectivity index (χ2n) is 6.09. The lowest BCUT2D eigenvalue weighted by Gasteiger charge is -2.34. The van der Waals surface area contributed by atoms with Crippen LogP contribution in [0.2, 0.25) is 0 Å². The van der Waals surface area contributed by atoms with E-state index in [1.807, 2.05) is 0 Å². The Hall–Kier alpha value is -2.90. The van der Waals surface area contributed by atoms with Gasteiger partial charge in [-0.1, -0.05) is 24.3 Å². The smallest absolute Gasteiger partial charge is 0.433 e. The molecule has 2 aromatic rings. The zero-order chi connectivity index (χ0) is 19.1. The summed E-state index contributed by atoms with van der Waals surface area (Å²) in [6, 6.07) is 7.87. The average Bonchev–Trinajstić information content (AvgIpc) is 2.59. The first kappa shape index (κ1) is 17.9. The number of aromatic nitrogens is 1. The number of fused-ring (bicyclic) bond motifs is 1. The molecule has 0 spiro atoms. The van der Waals surface area contributed by atoms with Crippen LogP contribution in [0.3, 0.4) is 0 Å². The van der Waals surface area contributed by atoms with Crippen molar-refractivity contribution in [3.8, 4) is 0 Å². The minimum Gasteiger partial charge on any atom is -0.480 e. The molecule has 0 bridgehead atoms. The van der Waals surface area contributed by atoms with Crippen molar-refractivity contribution in [2.24, 2.45) is 0 Å². The number of aryl methyl sites for hydroxylation is 1. The van der Waals surface area contributed by atoms with E-state index in [2.05, 4.69) is 4.98 Å². The van der Waals surface area contributed by atoms with Crippen molar-refractivity contribution in [1.29, 1.82) is 0 Å². The third kappa shape index (κ3) is 3.26. The van der Waals surface area contributed by atoms with E-state index < -0.39 is 29.8 Å². The third-order valence-corrected chi connectivity index (χ3v) is 4.40. The van der Waals surface area contributed by atoms with Gasteiger partial charge in [-0.05, 0) is 30.2 Å². The highest BCUT2D eigenvalue weighted by Gasteiger charge is 2.37. The van der Waals surface area contributed by atoms with Crippen LogP contribution in [-0.4, -0.2) is 32.9 Å². The lowest BCUT2D eigenvalue weighted by Crippen LogP contribution is -2.48. The van der Waals surface area contributed by atoms with Gasteiger partial charge in [0.05, 0.1) is 11.3 Å². The predicted molar refractivity (Wildman–Crippen MR) is 85.4 cm³/mol. The van der Waals surface area contributed by atoms with Crippen LogP contribution in [0.25, 0.3) is 0 Å². The molecular formula is C18H15F3N2O3. The van der Waals surface area contributed by atoms with Crippen molar-refractivity contribution in [3.05, 3.63) is 64.5 Å². The van der Waals surface area contributed by atoms with Crippen LogP contribution in [0, 0.1) is 6.92 Å². The van der Waals surface area contributed by atoms with E-state index in [1.54, 1.807) is 24.3 Å². The fraction of sp³-hybridized carbons (Fsp3) is 0.278. The van der Waals surface area contributed by atoms with Crippen LogP contribution in [0.4, 0.5) is 13.2 Å². The molecule has 8 heteroatoms. The molecule has 2 heterocycles. The first-order valence-electron chi connectivity index (χ1n) is 7.84. The van der Waals surface area contributed by atoms with E-state index in [9.17, 15) is 27.9 Å². The first-order valence-corrected chi connectivity index (χ1v) is 7.84. The normalized spacial score (nSPS) is 16.9. The molecule has 1 atom stereocenters. The molecule has 3 rings (SSSR count). The molecule has 26 heavy (non-hydrogen) atoms. The van der Waals surface area contributed by atoms with Crippen molar-refractivity contribution < 1.29 is 27.9 Å². The Kier molecular flexibility index (Phi) is 4.43. The number of nitrogens with zero attached hydrogens (tertiary/aromatic N) is 2. The van der Waals surface area contributed by atoms with Gasteiger partial charge in [0.25, 0.3) is 5.91 Å². The Bertz CT molecular complexity index is 880.